The molecule has 1 aliphatic heterocycles. The largest absolute Gasteiger partial charge is 0.509 e. The molecule has 0 saturated heterocycles. The summed E-state index contributed by atoms with van der Waals surface area (Å²) in [6, 6.07) is -0.126. The van der Waals surface area contributed by atoms with E-state index < -0.39 is 0 Å². The average Bonchev–Trinajstić information content (AvgIpc) is 2.15. The minimum atomic E-state index is -0.126. The smallest absolute Gasteiger partial charge is 0.133 e. The number of aliphatic hydroxyl groups is 1. The molecule has 1 heterocycles. The van der Waals surface area contributed by atoms with Gasteiger partial charge in [0.2, 0.25) is 0 Å². The van der Waals surface area contributed by atoms with Crippen molar-refractivity contribution in [3.8, 4) is 0 Å². The van der Waals surface area contributed by atoms with Crippen molar-refractivity contribution < 1.29 is 5.11 Å². The molecule has 1 aliphatic carbocycles. The van der Waals surface area contributed by atoms with Gasteiger partial charge >= 0.3 is 0 Å². The van der Waals surface area contributed by atoms with Crippen molar-refractivity contribution in [2.45, 2.75) is 6.04 Å². The molecule has 68 valence electrons. The molecule has 1 atom stereocenters. The summed E-state index contributed by atoms with van der Waals surface area (Å²) in [5.74, 6) is 0.318. The minimum absolute atomic E-state index is 0.126. The number of nitrogens with one attached hydrogen (secondary N) is 1. The summed E-state index contributed by atoms with van der Waals surface area (Å²) in [6.07, 6.45) is 7.54. The topological polar surface area (TPSA) is 32.3 Å². The van der Waals surface area contributed by atoms with Gasteiger partial charge in [-0.1, -0.05) is 22.0 Å². The Kier molecular flexibility index (Phi) is 2.34. The average molecular weight is 305 g/mol. The molecular weight excluding hydrogens is 298 g/mol. The van der Waals surface area contributed by atoms with E-state index in [2.05, 4.69) is 37.2 Å². The van der Waals surface area contributed by atoms with E-state index in [9.17, 15) is 5.11 Å². The van der Waals surface area contributed by atoms with E-state index in [1.807, 2.05) is 24.4 Å². The van der Waals surface area contributed by atoms with Gasteiger partial charge in [-0.2, -0.15) is 0 Å². The lowest BCUT2D eigenvalue weighted by atomic mass is 9.98. The molecule has 0 aromatic heterocycles. The number of rotatable bonds is 0. The van der Waals surface area contributed by atoms with Crippen LogP contribution in [0.15, 0.2) is 44.7 Å². The summed E-state index contributed by atoms with van der Waals surface area (Å²) in [4.78, 5) is 0. The second-order valence-electron chi connectivity index (χ2n) is 2.81. The summed E-state index contributed by atoms with van der Waals surface area (Å²) >= 11 is 6.73. The Hall–Kier alpha value is -0.480. The van der Waals surface area contributed by atoms with Gasteiger partial charge in [0.25, 0.3) is 0 Å². The lowest BCUT2D eigenvalue weighted by molar-refractivity contribution is 0.365. The second kappa shape index (κ2) is 3.35. The van der Waals surface area contributed by atoms with Crippen LogP contribution in [0.1, 0.15) is 0 Å². The zero-order valence-electron chi connectivity index (χ0n) is 6.59. The quantitative estimate of drug-likeness (QED) is 0.721. The van der Waals surface area contributed by atoms with Crippen molar-refractivity contribution in [3.05, 3.63) is 44.7 Å². The van der Waals surface area contributed by atoms with E-state index >= 15 is 0 Å². The zero-order chi connectivity index (χ0) is 9.42. The number of aliphatic hydroxyl groups excluding tert-OH is 1. The number of halogens is 2. The Morgan fingerprint density at radius 2 is 2.15 bits per heavy atom. The highest BCUT2D eigenvalue weighted by Crippen LogP contribution is 2.34. The van der Waals surface area contributed by atoms with Gasteiger partial charge in [-0.25, -0.2) is 0 Å². The normalized spacial score (nSPS) is 26.2. The van der Waals surface area contributed by atoms with Gasteiger partial charge in [0, 0.05) is 4.48 Å². The van der Waals surface area contributed by atoms with Gasteiger partial charge in [-0.3, -0.25) is 0 Å². The third-order valence-corrected chi connectivity index (χ3v) is 3.32. The fourth-order valence-corrected chi connectivity index (χ4v) is 2.69. The van der Waals surface area contributed by atoms with E-state index in [1.165, 1.54) is 0 Å². The minimum Gasteiger partial charge on any atom is -0.509 e. The summed E-state index contributed by atoms with van der Waals surface area (Å²) in [5.41, 5.74) is 1.04. The molecule has 0 saturated carbocycles. The van der Waals surface area contributed by atoms with E-state index in [-0.39, 0.29) is 6.04 Å². The molecule has 2 aliphatic rings. The Morgan fingerprint density at radius 3 is 2.92 bits per heavy atom. The molecule has 0 amide bonds. The Morgan fingerprint density at radius 1 is 1.38 bits per heavy atom. The van der Waals surface area contributed by atoms with E-state index in [0.29, 0.717) is 10.2 Å². The molecule has 0 radical (unpaired) electrons. The molecule has 1 unspecified atom stereocenters. The summed E-state index contributed by atoms with van der Waals surface area (Å²) < 4.78 is 1.70. The third-order valence-electron chi connectivity index (χ3n) is 1.99. The fourth-order valence-electron chi connectivity index (χ4n) is 1.34. The molecular formula is C9H7Br2NO. The SMILES string of the molecule is OC1=C(Br)C=C(Br)C2=CC=CNC21. The van der Waals surface area contributed by atoms with Crippen LogP contribution in [0.5, 0.6) is 0 Å². The van der Waals surface area contributed by atoms with Crippen LogP contribution in [-0.2, 0) is 0 Å². The van der Waals surface area contributed by atoms with Crippen LogP contribution in [0.3, 0.4) is 0 Å². The van der Waals surface area contributed by atoms with Gasteiger partial charge in [0.05, 0.1) is 4.48 Å². The van der Waals surface area contributed by atoms with Crippen LogP contribution in [0.2, 0.25) is 0 Å². The number of allylic oxidation sites excluding steroid dienone is 4. The van der Waals surface area contributed by atoms with Gasteiger partial charge < -0.3 is 10.4 Å². The highest BCUT2D eigenvalue weighted by Gasteiger charge is 2.26. The molecule has 13 heavy (non-hydrogen) atoms. The zero-order valence-corrected chi connectivity index (χ0v) is 9.76. The number of fused-ring (bicyclic) bond motifs is 1. The fraction of sp³-hybridized carbons (Fsp3) is 0.111. The lowest BCUT2D eigenvalue weighted by Gasteiger charge is -2.26. The van der Waals surface area contributed by atoms with Crippen LogP contribution >= 0.6 is 31.9 Å². The lowest BCUT2D eigenvalue weighted by Crippen LogP contribution is -2.32. The first-order chi connectivity index (χ1) is 6.20. The molecule has 4 heteroatoms. The molecule has 2 nitrogen and oxygen atoms in total. The molecule has 0 spiro atoms. The highest BCUT2D eigenvalue weighted by molar-refractivity contribution is 9.12. The van der Waals surface area contributed by atoms with E-state index in [4.69, 9.17) is 0 Å². The van der Waals surface area contributed by atoms with Crippen LogP contribution in [0.4, 0.5) is 0 Å². The van der Waals surface area contributed by atoms with Gasteiger partial charge in [0.1, 0.15) is 11.8 Å². The molecule has 2 N–H and O–H groups in total. The van der Waals surface area contributed by atoms with Crippen LogP contribution in [0.25, 0.3) is 0 Å². The number of dihydropyridines is 1. The third kappa shape index (κ3) is 1.48. The summed E-state index contributed by atoms with van der Waals surface area (Å²) in [6.45, 7) is 0. The Balaban J connectivity index is 2.49. The van der Waals surface area contributed by atoms with Gasteiger partial charge in [-0.15, -0.1) is 0 Å². The molecule has 0 aromatic rings. The maximum atomic E-state index is 9.72. The molecule has 0 bridgehead atoms. The second-order valence-corrected chi connectivity index (χ2v) is 4.51. The standard InChI is InChI=1S/C9H7Br2NO/c10-6-4-7(11)9(13)8-5(6)2-1-3-12-8/h1-4,8,12-13H. The first kappa shape index (κ1) is 9.09. The Bertz CT molecular complexity index is 366. The van der Waals surface area contributed by atoms with Crippen molar-refractivity contribution in [1.29, 1.82) is 0 Å². The number of hydrogen-bond donors (Lipinski definition) is 2. The van der Waals surface area contributed by atoms with E-state index in [1.54, 1.807) is 0 Å². The maximum absolute atomic E-state index is 9.72. The van der Waals surface area contributed by atoms with E-state index in [0.717, 1.165) is 10.1 Å². The number of hydrogen-bond acceptors (Lipinski definition) is 2. The highest BCUT2D eigenvalue weighted by atomic mass is 79.9. The Labute approximate surface area is 93.0 Å². The molecule has 0 fully saturated rings. The monoisotopic (exact) mass is 303 g/mol. The van der Waals surface area contributed by atoms with Crippen LogP contribution < -0.4 is 5.32 Å². The predicted octanol–water partition coefficient (Wildman–Crippen LogP) is 2.86. The first-order valence-corrected chi connectivity index (χ1v) is 5.37. The van der Waals surface area contributed by atoms with Crippen molar-refractivity contribution in [1.82, 2.24) is 5.32 Å². The van der Waals surface area contributed by atoms with Gasteiger partial charge in [-0.05, 0) is 39.9 Å². The van der Waals surface area contributed by atoms with Crippen molar-refractivity contribution >= 4 is 31.9 Å². The summed E-state index contributed by atoms with van der Waals surface area (Å²) in [5, 5.41) is 12.8. The molecule has 2 rings (SSSR count). The predicted molar refractivity (Wildman–Crippen MR) is 59.7 cm³/mol. The van der Waals surface area contributed by atoms with Crippen molar-refractivity contribution in [2.75, 3.05) is 0 Å². The summed E-state index contributed by atoms with van der Waals surface area (Å²) in [7, 11) is 0. The maximum Gasteiger partial charge on any atom is 0.133 e. The van der Waals surface area contributed by atoms with Crippen molar-refractivity contribution in [2.24, 2.45) is 0 Å². The van der Waals surface area contributed by atoms with Crippen LogP contribution in [0, 0.1) is 0 Å². The van der Waals surface area contributed by atoms with Crippen molar-refractivity contribution in [3.63, 3.8) is 0 Å². The first-order valence-electron chi connectivity index (χ1n) is 3.79. The van der Waals surface area contributed by atoms with Crippen LogP contribution in [-0.4, -0.2) is 11.1 Å². The molecule has 0 aromatic carbocycles. The van der Waals surface area contributed by atoms with Gasteiger partial charge in [0.15, 0.2) is 0 Å².